The van der Waals surface area contributed by atoms with E-state index in [0.29, 0.717) is 35.1 Å². The Labute approximate surface area is 209 Å². The Kier molecular flexibility index (Phi) is 8.52. The van der Waals surface area contributed by atoms with E-state index in [2.05, 4.69) is 37.2 Å². The Balaban J connectivity index is 1.92. The minimum Gasteiger partial charge on any atom is -0.494 e. The van der Waals surface area contributed by atoms with Gasteiger partial charge in [-0.2, -0.15) is 5.26 Å². The van der Waals surface area contributed by atoms with Gasteiger partial charge in [-0.3, -0.25) is 4.79 Å². The smallest absolute Gasteiger partial charge is 0.266 e. The number of hydrogen-bond donors (Lipinski definition) is 1. The average Bonchev–Trinajstić information content (AvgIpc) is 2.75. The monoisotopic (exact) mass is 572 g/mol. The van der Waals surface area contributed by atoms with Gasteiger partial charge in [0, 0.05) is 31.6 Å². The van der Waals surface area contributed by atoms with Crippen molar-refractivity contribution < 1.29 is 9.53 Å². The van der Waals surface area contributed by atoms with Gasteiger partial charge in [-0.1, -0.05) is 67.7 Å². The van der Waals surface area contributed by atoms with Gasteiger partial charge in [0.2, 0.25) is 0 Å². The first-order chi connectivity index (χ1) is 15.4. The number of ether oxygens (including phenoxy) is 1. The zero-order valence-electron chi connectivity index (χ0n) is 17.2. The maximum absolute atomic E-state index is 12.6. The van der Waals surface area contributed by atoms with Crippen molar-refractivity contribution in [3.63, 3.8) is 0 Å². The van der Waals surface area contributed by atoms with Crippen molar-refractivity contribution in [2.24, 2.45) is 0 Å². The van der Waals surface area contributed by atoms with Crippen molar-refractivity contribution in [3.8, 4) is 11.8 Å². The fraction of sp³-hybridized carbons (Fsp3) is 0.120. The number of rotatable bonds is 7. The number of nitrogens with one attached hydrogen (secondary N) is 1. The molecule has 3 aromatic carbocycles. The molecule has 0 aliphatic carbocycles. The van der Waals surface area contributed by atoms with Gasteiger partial charge in [0.15, 0.2) is 0 Å². The highest BCUT2D eigenvalue weighted by molar-refractivity contribution is 9.10. The highest BCUT2D eigenvalue weighted by Gasteiger charge is 2.15. The van der Waals surface area contributed by atoms with E-state index < -0.39 is 5.91 Å². The van der Waals surface area contributed by atoms with E-state index in [1.165, 1.54) is 6.08 Å². The van der Waals surface area contributed by atoms with Gasteiger partial charge in [-0.25, -0.2) is 0 Å². The number of nitriles is 1. The summed E-state index contributed by atoms with van der Waals surface area (Å²) in [4.78, 5) is 12.6. The standard InChI is InChI=1S/C25H19Br2ClN2O2/c1-2-32-24-12-16(11-23(27)21(24)13-17-6-3-4-9-22(17)26)10-18(15-29)25(31)30-20-8-5-7-19(28)14-20/h3-12,14H,2,13H2,1H3,(H,30,31)/b18-10+. The molecule has 0 aliphatic heterocycles. The SMILES string of the molecule is CCOc1cc(/C=C(\C#N)C(=O)Nc2cccc(Cl)c2)cc(Br)c1Cc1ccccc1Br. The van der Waals surface area contributed by atoms with Crippen LogP contribution in [0.1, 0.15) is 23.6 Å². The number of amides is 1. The predicted octanol–water partition coefficient (Wildman–Crippen LogP) is 7.40. The van der Waals surface area contributed by atoms with Crippen LogP contribution in [0.4, 0.5) is 5.69 Å². The number of anilines is 1. The molecule has 0 saturated heterocycles. The van der Waals surface area contributed by atoms with Crippen LogP contribution in [-0.4, -0.2) is 12.5 Å². The van der Waals surface area contributed by atoms with E-state index in [1.807, 2.05) is 49.4 Å². The van der Waals surface area contributed by atoms with E-state index in [-0.39, 0.29) is 5.57 Å². The summed E-state index contributed by atoms with van der Waals surface area (Å²) in [6, 6.07) is 20.5. The molecule has 0 heterocycles. The normalized spacial score (nSPS) is 11.0. The van der Waals surface area contributed by atoms with Crippen LogP contribution in [0.2, 0.25) is 5.02 Å². The van der Waals surface area contributed by atoms with Gasteiger partial charge < -0.3 is 10.1 Å². The summed E-state index contributed by atoms with van der Waals surface area (Å²) in [5.41, 5.74) is 3.27. The van der Waals surface area contributed by atoms with Crippen LogP contribution in [0.5, 0.6) is 5.75 Å². The Bertz CT molecular complexity index is 1220. The molecule has 1 amide bonds. The third kappa shape index (κ3) is 6.23. The van der Waals surface area contributed by atoms with Crippen molar-refractivity contribution >= 4 is 61.1 Å². The Morgan fingerprint density at radius 3 is 2.59 bits per heavy atom. The van der Waals surface area contributed by atoms with Crippen molar-refractivity contribution in [1.29, 1.82) is 5.26 Å². The predicted molar refractivity (Wildman–Crippen MR) is 136 cm³/mol. The molecule has 162 valence electrons. The van der Waals surface area contributed by atoms with E-state index in [0.717, 1.165) is 20.1 Å². The molecule has 32 heavy (non-hydrogen) atoms. The summed E-state index contributed by atoms with van der Waals surface area (Å²) in [6.45, 7) is 2.40. The molecule has 7 heteroatoms. The first-order valence-electron chi connectivity index (χ1n) is 9.78. The highest BCUT2D eigenvalue weighted by Crippen LogP contribution is 2.33. The van der Waals surface area contributed by atoms with Gasteiger partial charge >= 0.3 is 0 Å². The second-order valence-corrected chi connectivity index (χ2v) is 8.96. The van der Waals surface area contributed by atoms with Crippen LogP contribution in [-0.2, 0) is 11.2 Å². The van der Waals surface area contributed by atoms with Gasteiger partial charge in [0.05, 0.1) is 6.61 Å². The van der Waals surface area contributed by atoms with Crippen LogP contribution in [0.25, 0.3) is 6.08 Å². The summed E-state index contributed by atoms with van der Waals surface area (Å²) >= 11 is 13.2. The van der Waals surface area contributed by atoms with Gasteiger partial charge in [-0.15, -0.1) is 0 Å². The maximum Gasteiger partial charge on any atom is 0.266 e. The first-order valence-corrected chi connectivity index (χ1v) is 11.7. The zero-order valence-corrected chi connectivity index (χ0v) is 21.1. The van der Waals surface area contributed by atoms with Crippen LogP contribution in [0.15, 0.2) is 75.2 Å². The van der Waals surface area contributed by atoms with Gasteiger partial charge in [0.1, 0.15) is 17.4 Å². The molecule has 0 unspecified atom stereocenters. The molecule has 0 spiro atoms. The largest absolute Gasteiger partial charge is 0.494 e. The lowest BCUT2D eigenvalue weighted by Gasteiger charge is -2.15. The molecule has 0 aromatic heterocycles. The summed E-state index contributed by atoms with van der Waals surface area (Å²) < 4.78 is 7.73. The number of carbonyl (C=O) groups is 1. The molecule has 3 aromatic rings. The van der Waals surface area contributed by atoms with Crippen LogP contribution >= 0.6 is 43.5 Å². The zero-order chi connectivity index (χ0) is 23.1. The van der Waals surface area contributed by atoms with E-state index in [9.17, 15) is 10.1 Å². The summed E-state index contributed by atoms with van der Waals surface area (Å²) in [6.07, 6.45) is 2.19. The molecule has 0 aliphatic rings. The lowest BCUT2D eigenvalue weighted by Crippen LogP contribution is -2.13. The number of nitrogens with zero attached hydrogens (tertiary/aromatic N) is 1. The Morgan fingerprint density at radius 2 is 1.91 bits per heavy atom. The molecular weight excluding hydrogens is 556 g/mol. The topological polar surface area (TPSA) is 62.1 Å². The quantitative estimate of drug-likeness (QED) is 0.236. The number of benzene rings is 3. The second kappa shape index (κ2) is 11.3. The summed E-state index contributed by atoms with van der Waals surface area (Å²) in [5, 5.41) is 12.8. The second-order valence-electron chi connectivity index (χ2n) is 6.81. The Morgan fingerprint density at radius 1 is 1.12 bits per heavy atom. The molecule has 0 saturated carbocycles. The molecule has 1 N–H and O–H groups in total. The summed E-state index contributed by atoms with van der Waals surface area (Å²) in [7, 11) is 0. The van der Waals surface area contributed by atoms with E-state index in [4.69, 9.17) is 16.3 Å². The van der Waals surface area contributed by atoms with Crippen molar-refractivity contribution in [1.82, 2.24) is 0 Å². The molecule has 0 radical (unpaired) electrons. The molecule has 0 atom stereocenters. The summed E-state index contributed by atoms with van der Waals surface area (Å²) in [5.74, 6) is 0.178. The lowest BCUT2D eigenvalue weighted by atomic mass is 10.0. The van der Waals surface area contributed by atoms with Crippen LogP contribution < -0.4 is 10.1 Å². The van der Waals surface area contributed by atoms with Crippen LogP contribution in [0.3, 0.4) is 0 Å². The molecule has 4 nitrogen and oxygen atoms in total. The van der Waals surface area contributed by atoms with Gasteiger partial charge in [0.25, 0.3) is 5.91 Å². The first kappa shape index (κ1) is 24.1. The fourth-order valence-electron chi connectivity index (χ4n) is 3.08. The minimum absolute atomic E-state index is 0.0297. The Hall–Kier alpha value is -2.59. The fourth-order valence-corrected chi connectivity index (χ4v) is 4.30. The minimum atomic E-state index is -0.513. The number of hydrogen-bond acceptors (Lipinski definition) is 3. The van der Waals surface area contributed by atoms with Gasteiger partial charge in [-0.05, 0) is 60.5 Å². The maximum atomic E-state index is 12.6. The average molecular weight is 575 g/mol. The van der Waals surface area contributed by atoms with Crippen molar-refractivity contribution in [3.05, 3.63) is 96.9 Å². The number of halogens is 3. The number of carbonyl (C=O) groups excluding carboxylic acids is 1. The van der Waals surface area contributed by atoms with E-state index in [1.54, 1.807) is 24.3 Å². The molecular formula is C25H19Br2ClN2O2. The van der Waals surface area contributed by atoms with Crippen molar-refractivity contribution in [2.45, 2.75) is 13.3 Å². The third-order valence-electron chi connectivity index (χ3n) is 4.56. The molecule has 3 rings (SSSR count). The highest BCUT2D eigenvalue weighted by atomic mass is 79.9. The molecule has 0 bridgehead atoms. The lowest BCUT2D eigenvalue weighted by molar-refractivity contribution is -0.112. The van der Waals surface area contributed by atoms with Crippen molar-refractivity contribution in [2.75, 3.05) is 11.9 Å². The van der Waals surface area contributed by atoms with Crippen LogP contribution in [0, 0.1) is 11.3 Å². The van der Waals surface area contributed by atoms with E-state index >= 15 is 0 Å². The molecule has 0 fully saturated rings. The third-order valence-corrected chi connectivity index (χ3v) is 6.28.